The highest BCUT2D eigenvalue weighted by atomic mass is 32.1. The lowest BCUT2D eigenvalue weighted by atomic mass is 9.99. The van der Waals surface area contributed by atoms with Crippen molar-refractivity contribution < 1.29 is 57.3 Å². The average Bonchev–Trinajstić information content (AvgIpc) is 4.14. The maximum Gasteiger partial charge on any atom is 0.329 e. The largest absolute Gasteiger partial charge is 0.451 e. The summed E-state index contributed by atoms with van der Waals surface area (Å²) >= 11 is 3.28. The fourth-order valence-electron chi connectivity index (χ4n) is 9.72. The van der Waals surface area contributed by atoms with Gasteiger partial charge in [-0.05, 0) is 108 Å². The number of ether oxygens (including phenoxy) is 4. The molecule has 4 amide bonds. The van der Waals surface area contributed by atoms with Gasteiger partial charge in [-0.1, -0.05) is 116 Å². The van der Waals surface area contributed by atoms with E-state index in [1.165, 1.54) is 61.6 Å². The zero-order chi connectivity index (χ0) is 59.1. The smallest absolute Gasteiger partial charge is 0.329 e. The second kappa shape index (κ2) is 29.9. The topological polar surface area (TPSA) is 186 Å². The molecule has 0 radical (unpaired) electrons. The summed E-state index contributed by atoms with van der Waals surface area (Å²) in [7, 11) is 5.63. The number of rotatable bonds is 16. The third-order valence-electron chi connectivity index (χ3n) is 14.3. The van der Waals surface area contributed by atoms with Crippen LogP contribution in [0.25, 0.3) is 0 Å². The van der Waals surface area contributed by atoms with Gasteiger partial charge >= 0.3 is 23.9 Å². The van der Waals surface area contributed by atoms with Gasteiger partial charge in [0.25, 0.3) is 23.6 Å². The van der Waals surface area contributed by atoms with E-state index in [1.807, 2.05) is 139 Å². The highest BCUT2D eigenvalue weighted by Crippen LogP contribution is 2.26. The predicted octanol–water partition coefficient (Wildman–Crippen LogP) is 8.97. The van der Waals surface area contributed by atoms with Crippen LogP contribution in [0.3, 0.4) is 0 Å². The lowest BCUT2D eigenvalue weighted by Crippen LogP contribution is -2.55. The van der Waals surface area contributed by atoms with Gasteiger partial charge in [-0.2, -0.15) is 0 Å². The van der Waals surface area contributed by atoms with Crippen molar-refractivity contribution in [2.45, 2.75) is 169 Å². The molecule has 0 unspecified atom stereocenters. The molecular formula is C62H84N4O12S2. The van der Waals surface area contributed by atoms with Gasteiger partial charge in [0.05, 0.1) is 0 Å². The van der Waals surface area contributed by atoms with E-state index in [1.54, 1.807) is 22.7 Å². The first-order valence-electron chi connectivity index (χ1n) is 27.8. The third-order valence-corrected chi connectivity index (χ3v) is 16.0. The van der Waals surface area contributed by atoms with Crippen LogP contribution in [0.15, 0.2) is 83.6 Å². The molecule has 2 aromatic carbocycles. The number of carbonyl (C=O) groups is 8. The van der Waals surface area contributed by atoms with Gasteiger partial charge < -0.3 is 38.5 Å². The number of thiophene rings is 2. The minimum Gasteiger partial charge on any atom is -0.451 e. The molecule has 4 aromatic rings. The summed E-state index contributed by atoms with van der Waals surface area (Å²) in [6.45, 7) is 17.7. The van der Waals surface area contributed by atoms with Crippen molar-refractivity contribution in [1.82, 2.24) is 19.6 Å². The molecule has 0 aliphatic carbocycles. The summed E-state index contributed by atoms with van der Waals surface area (Å²) in [5.74, 6) is -7.22. The third kappa shape index (κ3) is 18.3. The molecule has 8 atom stereocenters. The van der Waals surface area contributed by atoms with Crippen LogP contribution in [0.2, 0.25) is 0 Å². The fourth-order valence-corrected chi connectivity index (χ4v) is 11.2. The van der Waals surface area contributed by atoms with Crippen LogP contribution in [0.1, 0.15) is 127 Å². The molecule has 1 saturated heterocycles. The highest BCUT2D eigenvalue weighted by Gasteiger charge is 2.43. The molecule has 16 nitrogen and oxygen atoms in total. The zero-order valence-corrected chi connectivity index (χ0v) is 50.8. The SMILES string of the molecule is CC(C)C[C@H]1C(=O)O[C@H](Cc2ccc(Cc3cccs3)cc2)C(=O)N(C)[C@@H](CC(C)C)C(=O)O[C@H](C)C(=O)N(C)[C@@H](CC(C)C)C(=O)O[C@H](Cc2ccc(Cc3cccs3)cc2)C(=O)N(C)[C@@H](CC(C)C)C(=O)O[C@H](C)C(=O)N1C. The maximum atomic E-state index is 15.0. The fraction of sp³-hybridized carbons (Fsp3) is 0.548. The Labute approximate surface area is 481 Å². The first-order valence-corrected chi connectivity index (χ1v) is 29.6. The van der Waals surface area contributed by atoms with Crippen molar-refractivity contribution >= 4 is 70.2 Å². The minimum atomic E-state index is -1.51. The van der Waals surface area contributed by atoms with Crippen molar-refractivity contribution in [2.24, 2.45) is 23.7 Å². The van der Waals surface area contributed by atoms with Gasteiger partial charge in [-0.25, -0.2) is 19.2 Å². The van der Waals surface area contributed by atoms with Gasteiger partial charge in [0, 0.05) is 63.6 Å². The number of esters is 4. The molecular weight excluding hydrogens is 1060 g/mol. The van der Waals surface area contributed by atoms with Crippen molar-refractivity contribution in [3.05, 3.63) is 116 Å². The number of hydrogen-bond acceptors (Lipinski definition) is 14. The van der Waals surface area contributed by atoms with E-state index in [4.69, 9.17) is 18.9 Å². The Hall–Kier alpha value is -6.40. The van der Waals surface area contributed by atoms with Gasteiger partial charge in [0.15, 0.2) is 24.4 Å². The Bertz CT molecular complexity index is 2490. The molecule has 0 bridgehead atoms. The second-order valence-electron chi connectivity index (χ2n) is 22.9. The molecule has 1 fully saturated rings. The van der Waals surface area contributed by atoms with E-state index in [9.17, 15) is 38.4 Å². The van der Waals surface area contributed by atoms with Crippen LogP contribution >= 0.6 is 22.7 Å². The molecule has 0 saturated carbocycles. The quantitative estimate of drug-likeness (QED) is 0.0767. The number of benzene rings is 2. The number of likely N-dealkylation sites (N-methyl/N-ethyl adjacent to an activating group) is 4. The summed E-state index contributed by atoms with van der Waals surface area (Å²) in [6.07, 6.45) is -4.36. The monoisotopic (exact) mass is 1140 g/mol. The predicted molar refractivity (Wildman–Crippen MR) is 309 cm³/mol. The van der Waals surface area contributed by atoms with Crippen LogP contribution in [-0.2, 0) is 83.0 Å². The van der Waals surface area contributed by atoms with Gasteiger partial charge in [-0.3, -0.25) is 19.2 Å². The number of cyclic esters (lactones) is 4. The molecule has 436 valence electrons. The Morgan fingerprint density at radius 2 is 0.650 bits per heavy atom. The molecule has 3 heterocycles. The van der Waals surface area contributed by atoms with Crippen LogP contribution < -0.4 is 0 Å². The second-order valence-corrected chi connectivity index (χ2v) is 25.0. The normalized spacial score (nSPS) is 23.2. The Balaban J connectivity index is 1.59. The van der Waals surface area contributed by atoms with E-state index < -0.39 is 96.1 Å². The van der Waals surface area contributed by atoms with E-state index in [-0.39, 0.29) is 62.2 Å². The lowest BCUT2D eigenvalue weighted by Gasteiger charge is -2.35. The number of nitrogens with zero attached hydrogens (tertiary/aromatic N) is 4. The zero-order valence-electron chi connectivity index (χ0n) is 49.2. The number of carbonyl (C=O) groups excluding carboxylic acids is 8. The number of amides is 4. The van der Waals surface area contributed by atoms with Crippen LogP contribution in [-0.4, -0.2) is 144 Å². The van der Waals surface area contributed by atoms with Crippen LogP contribution in [0, 0.1) is 23.7 Å². The van der Waals surface area contributed by atoms with E-state index in [2.05, 4.69) is 0 Å². The first kappa shape index (κ1) is 64.4. The van der Waals surface area contributed by atoms with Crippen molar-refractivity contribution in [1.29, 1.82) is 0 Å². The van der Waals surface area contributed by atoms with E-state index in [0.29, 0.717) is 24.0 Å². The first-order chi connectivity index (χ1) is 37.7. The molecule has 1 aliphatic heterocycles. The van der Waals surface area contributed by atoms with E-state index >= 15 is 0 Å². The summed E-state index contributed by atoms with van der Waals surface area (Å²) < 4.78 is 24.2. The molecule has 1 aliphatic rings. The summed E-state index contributed by atoms with van der Waals surface area (Å²) in [5, 5.41) is 4.01. The molecule has 0 spiro atoms. The molecule has 0 N–H and O–H groups in total. The summed E-state index contributed by atoms with van der Waals surface area (Å²) in [5.41, 5.74) is 3.36. The Morgan fingerprint density at radius 3 is 0.912 bits per heavy atom. The van der Waals surface area contributed by atoms with Gasteiger partial charge in [-0.15, -0.1) is 22.7 Å². The number of hydrogen-bond donors (Lipinski definition) is 0. The average molecular weight is 1140 g/mol. The molecule has 80 heavy (non-hydrogen) atoms. The van der Waals surface area contributed by atoms with Gasteiger partial charge in [0.1, 0.15) is 24.2 Å². The molecule has 18 heteroatoms. The molecule has 2 aromatic heterocycles. The minimum absolute atomic E-state index is 0.0985. The highest BCUT2D eigenvalue weighted by molar-refractivity contribution is 7.10. The summed E-state index contributed by atoms with van der Waals surface area (Å²) in [6, 6.07) is 18.1. The Morgan fingerprint density at radius 1 is 0.388 bits per heavy atom. The van der Waals surface area contributed by atoms with Crippen LogP contribution in [0.4, 0.5) is 0 Å². The molecule has 5 rings (SSSR count). The Kier molecular flexibility index (Phi) is 24.1. The van der Waals surface area contributed by atoms with E-state index in [0.717, 1.165) is 20.9 Å². The van der Waals surface area contributed by atoms with Crippen molar-refractivity contribution in [2.75, 3.05) is 28.2 Å². The van der Waals surface area contributed by atoms with Gasteiger partial charge in [0.2, 0.25) is 0 Å². The maximum absolute atomic E-state index is 15.0. The van der Waals surface area contributed by atoms with Crippen molar-refractivity contribution in [3.63, 3.8) is 0 Å². The lowest BCUT2D eigenvalue weighted by molar-refractivity contribution is -0.176. The standard InChI is InChI=1S/C62H84N4O12S2/c1-37(2)29-49-59(71)75-41(9)55(67)63(11)52(32-40(7)8)62(74)78-54(36-46-25-21-44(22-26-46)34-48-18-16-28-80-48)58(70)66(14)50(30-38(3)4)60(72)76-42(10)56(68)64(12)51(31-39(5)6)61(73)77-53(57(69)65(49)13)35-45-23-19-43(20-24-45)33-47-17-15-27-79-47/h15-28,37-42,49-54H,29-36H2,1-14H3/t41-,42-,49+,50+,51+,52+,53-,54-/m1/s1. The summed E-state index contributed by atoms with van der Waals surface area (Å²) in [4.78, 5) is 124. The van der Waals surface area contributed by atoms with Crippen molar-refractivity contribution in [3.8, 4) is 0 Å². The van der Waals surface area contributed by atoms with Crippen LogP contribution in [0.5, 0.6) is 0 Å².